The van der Waals surface area contributed by atoms with Crippen LogP contribution in [-0.2, 0) is 0 Å². The average Bonchev–Trinajstić information content (AvgIpc) is 2.34. The van der Waals surface area contributed by atoms with Crippen LogP contribution in [0.15, 0.2) is 34.6 Å². The van der Waals surface area contributed by atoms with E-state index in [1.54, 1.807) is 11.8 Å². The van der Waals surface area contributed by atoms with E-state index in [0.717, 1.165) is 0 Å². The van der Waals surface area contributed by atoms with E-state index in [4.69, 9.17) is 0 Å². The van der Waals surface area contributed by atoms with Crippen molar-refractivity contribution in [2.45, 2.75) is 26.8 Å². The molecule has 0 bridgehead atoms. The standard InChI is InChI=1S/C15H21NS2/c1-11(2)16-15(14(18-5)10-17-4)13-8-6-12(3)7-9-13/h6-10,15H,1-5H3/p+1/b14-10-. The summed E-state index contributed by atoms with van der Waals surface area (Å²) in [4.78, 5) is 4.92. The number of hydrogen-bond donors (Lipinski definition) is 1. The molecule has 0 radical (unpaired) electrons. The molecular weight excluding hydrogens is 258 g/mol. The predicted molar refractivity (Wildman–Crippen MR) is 86.4 cm³/mol. The quantitative estimate of drug-likeness (QED) is 0.833. The maximum Gasteiger partial charge on any atom is 0.207 e. The zero-order valence-corrected chi connectivity index (χ0v) is 13.4. The molecule has 1 N–H and O–H groups in total. The molecule has 1 aromatic carbocycles. The van der Waals surface area contributed by atoms with Gasteiger partial charge in [-0.2, -0.15) is 0 Å². The van der Waals surface area contributed by atoms with Gasteiger partial charge in [-0.3, -0.25) is 0 Å². The van der Waals surface area contributed by atoms with Crippen molar-refractivity contribution in [2.24, 2.45) is 0 Å². The van der Waals surface area contributed by atoms with Crippen LogP contribution in [0.4, 0.5) is 0 Å². The Hall–Kier alpha value is -0.670. The van der Waals surface area contributed by atoms with Crippen LogP contribution in [0.1, 0.15) is 31.0 Å². The Kier molecular flexibility index (Phi) is 6.58. The van der Waals surface area contributed by atoms with E-state index < -0.39 is 0 Å². The monoisotopic (exact) mass is 280 g/mol. The summed E-state index contributed by atoms with van der Waals surface area (Å²) in [5.41, 5.74) is 3.85. The molecule has 1 aromatic rings. The fraction of sp³-hybridized carbons (Fsp3) is 0.400. The van der Waals surface area contributed by atoms with Crippen LogP contribution < -0.4 is 4.99 Å². The highest BCUT2D eigenvalue weighted by Gasteiger charge is 2.20. The van der Waals surface area contributed by atoms with Crippen molar-refractivity contribution in [1.82, 2.24) is 0 Å². The van der Waals surface area contributed by atoms with Gasteiger partial charge in [0, 0.05) is 19.4 Å². The average molecular weight is 280 g/mol. The molecular formula is C15H22NS2+. The van der Waals surface area contributed by atoms with Crippen molar-refractivity contribution in [2.75, 3.05) is 12.5 Å². The summed E-state index contributed by atoms with van der Waals surface area (Å²) in [5.74, 6) is 0. The molecule has 0 fully saturated rings. The predicted octanol–water partition coefficient (Wildman–Crippen LogP) is 3.16. The van der Waals surface area contributed by atoms with E-state index in [-0.39, 0.29) is 6.04 Å². The van der Waals surface area contributed by atoms with Crippen LogP contribution in [0.5, 0.6) is 0 Å². The van der Waals surface area contributed by atoms with Gasteiger partial charge in [-0.05, 0) is 24.8 Å². The first-order valence-electron chi connectivity index (χ1n) is 5.98. The second kappa shape index (κ2) is 7.70. The number of rotatable bonds is 5. The van der Waals surface area contributed by atoms with Gasteiger partial charge in [0.05, 0.1) is 4.91 Å². The molecule has 0 saturated heterocycles. The van der Waals surface area contributed by atoms with Crippen LogP contribution in [-0.4, -0.2) is 18.2 Å². The Morgan fingerprint density at radius 2 is 1.78 bits per heavy atom. The fourth-order valence-electron chi connectivity index (χ4n) is 1.72. The van der Waals surface area contributed by atoms with Gasteiger partial charge in [-0.15, -0.1) is 23.5 Å². The van der Waals surface area contributed by atoms with Crippen molar-refractivity contribution in [3.8, 4) is 0 Å². The maximum atomic E-state index is 3.57. The van der Waals surface area contributed by atoms with Crippen molar-refractivity contribution in [3.63, 3.8) is 0 Å². The second-order valence-electron chi connectivity index (χ2n) is 4.45. The minimum atomic E-state index is 0.262. The summed E-state index contributed by atoms with van der Waals surface area (Å²) >= 11 is 3.56. The number of nitrogens with one attached hydrogen (secondary N) is 1. The smallest absolute Gasteiger partial charge is 0.207 e. The summed E-state index contributed by atoms with van der Waals surface area (Å²) in [5, 5.41) is 2.23. The molecule has 0 amide bonds. The highest BCUT2D eigenvalue weighted by atomic mass is 32.2. The van der Waals surface area contributed by atoms with Gasteiger partial charge in [0.25, 0.3) is 0 Å². The molecule has 0 aliphatic heterocycles. The van der Waals surface area contributed by atoms with Gasteiger partial charge in [0.1, 0.15) is 5.71 Å². The summed E-state index contributed by atoms with van der Waals surface area (Å²) in [6.45, 7) is 6.34. The molecule has 0 spiro atoms. The summed E-state index contributed by atoms with van der Waals surface area (Å²) in [7, 11) is 0. The topological polar surface area (TPSA) is 14.0 Å². The van der Waals surface area contributed by atoms with Crippen molar-refractivity contribution >= 4 is 29.2 Å². The Bertz CT molecular complexity index is 428. The van der Waals surface area contributed by atoms with Gasteiger partial charge < -0.3 is 0 Å². The summed E-state index contributed by atoms with van der Waals surface area (Å²) in [6.07, 6.45) is 4.24. The zero-order valence-electron chi connectivity index (χ0n) is 11.8. The van der Waals surface area contributed by atoms with Crippen molar-refractivity contribution in [1.29, 1.82) is 0 Å². The molecule has 3 heteroatoms. The number of thioether (sulfide) groups is 2. The molecule has 0 heterocycles. The zero-order chi connectivity index (χ0) is 13.5. The van der Waals surface area contributed by atoms with Gasteiger partial charge in [0.15, 0.2) is 0 Å². The van der Waals surface area contributed by atoms with Crippen LogP contribution >= 0.6 is 23.5 Å². The van der Waals surface area contributed by atoms with Gasteiger partial charge >= 0.3 is 0 Å². The molecule has 1 unspecified atom stereocenters. The lowest BCUT2D eigenvalue weighted by molar-refractivity contribution is -0.497. The summed E-state index contributed by atoms with van der Waals surface area (Å²) < 4.78 is 0. The molecule has 98 valence electrons. The van der Waals surface area contributed by atoms with Gasteiger partial charge in [-0.1, -0.05) is 29.8 Å². The lowest BCUT2D eigenvalue weighted by atomic mass is 10.1. The third kappa shape index (κ3) is 4.54. The first kappa shape index (κ1) is 15.4. The lowest BCUT2D eigenvalue weighted by Crippen LogP contribution is -2.73. The molecule has 0 saturated carbocycles. The van der Waals surface area contributed by atoms with E-state index in [2.05, 4.69) is 67.9 Å². The number of hydrogen-bond acceptors (Lipinski definition) is 2. The first-order chi connectivity index (χ1) is 8.58. The Morgan fingerprint density at radius 3 is 2.22 bits per heavy atom. The maximum absolute atomic E-state index is 3.57. The van der Waals surface area contributed by atoms with Crippen molar-refractivity contribution in [3.05, 3.63) is 45.7 Å². The highest BCUT2D eigenvalue weighted by Crippen LogP contribution is 2.27. The van der Waals surface area contributed by atoms with Gasteiger partial charge in [-0.25, -0.2) is 4.99 Å². The summed E-state index contributed by atoms with van der Waals surface area (Å²) in [6, 6.07) is 9.02. The van der Waals surface area contributed by atoms with Gasteiger partial charge in [0.2, 0.25) is 6.04 Å². The molecule has 0 aliphatic rings. The van der Waals surface area contributed by atoms with Crippen LogP contribution in [0.25, 0.3) is 0 Å². The Labute approximate surface area is 119 Å². The van der Waals surface area contributed by atoms with E-state index in [1.807, 2.05) is 11.8 Å². The van der Waals surface area contributed by atoms with E-state index in [0.29, 0.717) is 0 Å². The molecule has 1 atom stereocenters. The number of benzene rings is 1. The van der Waals surface area contributed by atoms with Crippen LogP contribution in [0, 0.1) is 6.92 Å². The third-order valence-corrected chi connectivity index (χ3v) is 4.06. The minimum absolute atomic E-state index is 0.262. The fourth-order valence-corrected chi connectivity index (χ4v) is 3.19. The van der Waals surface area contributed by atoms with E-state index in [9.17, 15) is 0 Å². The largest absolute Gasteiger partial charge is 0.238 e. The lowest BCUT2D eigenvalue weighted by Gasteiger charge is -2.11. The molecule has 0 aromatic heterocycles. The molecule has 1 rings (SSSR count). The molecule has 0 aliphatic carbocycles. The van der Waals surface area contributed by atoms with E-state index in [1.165, 1.54) is 21.7 Å². The first-order valence-corrected chi connectivity index (χ1v) is 8.50. The SMILES string of the molecule is CS/C=C(\SC)C([NH+]=C(C)C)c1ccc(C)cc1. The number of aryl methyl sites for hydroxylation is 1. The highest BCUT2D eigenvalue weighted by molar-refractivity contribution is 8.05. The van der Waals surface area contributed by atoms with Crippen LogP contribution in [0.2, 0.25) is 0 Å². The Balaban J connectivity index is 3.16. The second-order valence-corrected chi connectivity index (χ2v) is 6.03. The molecule has 18 heavy (non-hydrogen) atoms. The van der Waals surface area contributed by atoms with E-state index >= 15 is 0 Å². The minimum Gasteiger partial charge on any atom is -0.238 e. The normalized spacial score (nSPS) is 13.3. The Morgan fingerprint density at radius 1 is 1.17 bits per heavy atom. The molecule has 1 nitrogen and oxygen atoms in total. The third-order valence-electron chi connectivity index (χ3n) is 2.60. The van der Waals surface area contributed by atoms with Crippen molar-refractivity contribution < 1.29 is 4.99 Å². The van der Waals surface area contributed by atoms with Crippen LogP contribution in [0.3, 0.4) is 0 Å².